The standard InChI is InChI=1S/C21H22FN5O/c22-17-6-3-14(4-7-17)19-12-25-26-20(19)16-2-1-9-27(13-16)21(28)15-5-8-18(10-23)24-11-15/h3-8,11,16,19-20,25-26H,1-2,9,12-13H2. The summed E-state index contributed by atoms with van der Waals surface area (Å²) in [7, 11) is 0. The maximum absolute atomic E-state index is 13.3. The van der Waals surface area contributed by atoms with E-state index in [0.717, 1.165) is 31.5 Å². The normalized spacial score (nSPS) is 24.7. The summed E-state index contributed by atoms with van der Waals surface area (Å²) in [6.45, 7) is 2.16. The molecule has 0 saturated carbocycles. The second-order valence-electron chi connectivity index (χ2n) is 7.41. The van der Waals surface area contributed by atoms with Crippen LogP contribution >= 0.6 is 0 Å². The van der Waals surface area contributed by atoms with Crippen LogP contribution in [-0.4, -0.2) is 41.5 Å². The van der Waals surface area contributed by atoms with Gasteiger partial charge in [-0.15, -0.1) is 0 Å². The molecule has 2 aliphatic rings. The van der Waals surface area contributed by atoms with Crippen LogP contribution < -0.4 is 10.9 Å². The van der Waals surface area contributed by atoms with Crippen molar-refractivity contribution in [1.29, 1.82) is 5.26 Å². The molecule has 2 aromatic rings. The summed E-state index contributed by atoms with van der Waals surface area (Å²) < 4.78 is 13.3. The molecule has 1 aromatic heterocycles. The maximum Gasteiger partial charge on any atom is 0.255 e. The van der Waals surface area contributed by atoms with E-state index in [2.05, 4.69) is 15.8 Å². The minimum absolute atomic E-state index is 0.0500. The fourth-order valence-corrected chi connectivity index (χ4v) is 4.25. The van der Waals surface area contributed by atoms with Crippen LogP contribution in [0.15, 0.2) is 42.6 Å². The number of nitrogens with zero attached hydrogens (tertiary/aromatic N) is 3. The van der Waals surface area contributed by atoms with Gasteiger partial charge < -0.3 is 4.90 Å². The lowest BCUT2D eigenvalue weighted by molar-refractivity contribution is 0.0644. The van der Waals surface area contributed by atoms with Gasteiger partial charge in [0.05, 0.1) is 5.56 Å². The Kier molecular flexibility index (Phi) is 5.33. The number of halogens is 1. The molecule has 2 fully saturated rings. The van der Waals surface area contributed by atoms with Crippen LogP contribution in [0, 0.1) is 23.1 Å². The average molecular weight is 379 g/mol. The predicted molar refractivity (Wildman–Crippen MR) is 102 cm³/mol. The Labute approximate surface area is 163 Å². The molecular formula is C21H22FN5O. The van der Waals surface area contributed by atoms with Crippen molar-refractivity contribution in [3.63, 3.8) is 0 Å². The van der Waals surface area contributed by atoms with E-state index in [1.807, 2.05) is 23.1 Å². The van der Waals surface area contributed by atoms with Gasteiger partial charge in [0.25, 0.3) is 5.91 Å². The van der Waals surface area contributed by atoms with E-state index in [-0.39, 0.29) is 23.7 Å². The molecule has 2 N–H and O–H groups in total. The third-order valence-corrected chi connectivity index (χ3v) is 5.70. The molecular weight excluding hydrogens is 357 g/mol. The zero-order valence-electron chi connectivity index (χ0n) is 15.4. The SMILES string of the molecule is N#Cc1ccc(C(=O)N2CCCC(C3NNCC3c3ccc(F)cc3)C2)cn1. The first-order valence-corrected chi connectivity index (χ1v) is 9.55. The second kappa shape index (κ2) is 8.05. The number of pyridine rings is 1. The largest absolute Gasteiger partial charge is 0.338 e. The van der Waals surface area contributed by atoms with E-state index in [1.165, 1.54) is 18.3 Å². The maximum atomic E-state index is 13.3. The number of hydrazine groups is 1. The number of piperidine rings is 1. The quantitative estimate of drug-likeness (QED) is 0.855. The Bertz CT molecular complexity index is 877. The molecule has 0 bridgehead atoms. The molecule has 4 rings (SSSR count). The van der Waals surface area contributed by atoms with Crippen LogP contribution in [0.1, 0.15) is 40.4 Å². The predicted octanol–water partition coefficient (Wildman–Crippen LogP) is 2.20. The summed E-state index contributed by atoms with van der Waals surface area (Å²) >= 11 is 0. The number of aromatic nitrogens is 1. The van der Waals surface area contributed by atoms with Crippen molar-refractivity contribution >= 4 is 5.91 Å². The number of amides is 1. The lowest BCUT2D eigenvalue weighted by atomic mass is 9.81. The Morgan fingerprint density at radius 2 is 2.07 bits per heavy atom. The van der Waals surface area contributed by atoms with Crippen LogP contribution in [0.2, 0.25) is 0 Å². The van der Waals surface area contributed by atoms with Crippen LogP contribution in [0.5, 0.6) is 0 Å². The molecule has 0 radical (unpaired) electrons. The van der Waals surface area contributed by atoms with E-state index in [1.54, 1.807) is 12.1 Å². The minimum Gasteiger partial charge on any atom is -0.338 e. The molecule has 7 heteroatoms. The van der Waals surface area contributed by atoms with E-state index >= 15 is 0 Å². The second-order valence-corrected chi connectivity index (χ2v) is 7.41. The summed E-state index contributed by atoms with van der Waals surface area (Å²) in [6.07, 6.45) is 3.45. The lowest BCUT2D eigenvalue weighted by Gasteiger charge is -2.37. The third-order valence-electron chi connectivity index (χ3n) is 5.70. The number of rotatable bonds is 3. The average Bonchev–Trinajstić information content (AvgIpc) is 3.24. The summed E-state index contributed by atoms with van der Waals surface area (Å²) in [6, 6.07) is 12.1. The topological polar surface area (TPSA) is 81.0 Å². The van der Waals surface area contributed by atoms with Gasteiger partial charge >= 0.3 is 0 Å². The molecule has 2 saturated heterocycles. The Morgan fingerprint density at radius 1 is 1.25 bits per heavy atom. The van der Waals surface area contributed by atoms with Crippen molar-refractivity contribution in [2.45, 2.75) is 24.8 Å². The molecule has 2 aliphatic heterocycles. The highest BCUT2D eigenvalue weighted by Gasteiger charge is 2.37. The van der Waals surface area contributed by atoms with Crippen molar-refractivity contribution in [1.82, 2.24) is 20.7 Å². The van der Waals surface area contributed by atoms with E-state index < -0.39 is 0 Å². The van der Waals surface area contributed by atoms with E-state index in [9.17, 15) is 9.18 Å². The Balaban J connectivity index is 1.47. The van der Waals surface area contributed by atoms with E-state index in [4.69, 9.17) is 5.26 Å². The van der Waals surface area contributed by atoms with Gasteiger partial charge in [-0.2, -0.15) is 5.26 Å². The van der Waals surface area contributed by atoms with Crippen molar-refractivity contribution in [2.75, 3.05) is 19.6 Å². The summed E-state index contributed by atoms with van der Waals surface area (Å²) in [4.78, 5) is 18.8. The number of hydrogen-bond acceptors (Lipinski definition) is 5. The molecule has 3 atom stereocenters. The molecule has 3 heterocycles. The van der Waals surface area contributed by atoms with Crippen molar-refractivity contribution < 1.29 is 9.18 Å². The highest BCUT2D eigenvalue weighted by Crippen LogP contribution is 2.32. The van der Waals surface area contributed by atoms with Gasteiger partial charge in [0.15, 0.2) is 0 Å². The smallest absolute Gasteiger partial charge is 0.255 e. The minimum atomic E-state index is -0.232. The van der Waals surface area contributed by atoms with Crippen molar-refractivity contribution in [3.05, 3.63) is 65.2 Å². The van der Waals surface area contributed by atoms with Gasteiger partial charge in [0.2, 0.25) is 0 Å². The number of likely N-dealkylation sites (tertiary alicyclic amines) is 1. The van der Waals surface area contributed by atoms with Crippen LogP contribution in [-0.2, 0) is 0 Å². The summed E-state index contributed by atoms with van der Waals surface area (Å²) in [5, 5.41) is 8.86. The zero-order valence-corrected chi connectivity index (χ0v) is 15.4. The van der Waals surface area contributed by atoms with Crippen LogP contribution in [0.3, 0.4) is 0 Å². The number of benzene rings is 1. The first-order valence-electron chi connectivity index (χ1n) is 9.55. The number of hydrogen-bond donors (Lipinski definition) is 2. The van der Waals surface area contributed by atoms with Gasteiger partial charge in [-0.1, -0.05) is 12.1 Å². The zero-order chi connectivity index (χ0) is 19.5. The van der Waals surface area contributed by atoms with Gasteiger partial charge in [-0.3, -0.25) is 15.6 Å². The van der Waals surface area contributed by atoms with Gasteiger partial charge in [-0.25, -0.2) is 9.37 Å². The van der Waals surface area contributed by atoms with Gasteiger partial charge in [0, 0.05) is 37.8 Å². The molecule has 0 aliphatic carbocycles. The number of carbonyl (C=O) groups excluding carboxylic acids is 1. The summed E-state index contributed by atoms with van der Waals surface area (Å²) in [5.41, 5.74) is 8.52. The molecule has 0 spiro atoms. The van der Waals surface area contributed by atoms with Crippen molar-refractivity contribution in [2.24, 2.45) is 5.92 Å². The summed E-state index contributed by atoms with van der Waals surface area (Å²) in [5.74, 6) is 0.252. The molecule has 6 nitrogen and oxygen atoms in total. The van der Waals surface area contributed by atoms with Gasteiger partial charge in [-0.05, 0) is 48.6 Å². The fraction of sp³-hybridized carbons (Fsp3) is 0.381. The molecule has 1 aromatic carbocycles. The first kappa shape index (κ1) is 18.5. The molecule has 1 amide bonds. The fourth-order valence-electron chi connectivity index (χ4n) is 4.25. The Hall–Kier alpha value is -2.82. The van der Waals surface area contributed by atoms with Crippen molar-refractivity contribution in [3.8, 4) is 6.07 Å². The lowest BCUT2D eigenvalue weighted by Crippen LogP contribution is -2.48. The molecule has 144 valence electrons. The number of nitriles is 1. The molecule has 28 heavy (non-hydrogen) atoms. The highest BCUT2D eigenvalue weighted by molar-refractivity contribution is 5.94. The number of carbonyl (C=O) groups is 1. The van der Waals surface area contributed by atoms with E-state index in [0.29, 0.717) is 23.7 Å². The highest BCUT2D eigenvalue weighted by atomic mass is 19.1. The number of nitrogens with one attached hydrogen (secondary N) is 2. The van der Waals surface area contributed by atoms with Crippen LogP contribution in [0.25, 0.3) is 0 Å². The first-order chi connectivity index (χ1) is 13.7. The monoisotopic (exact) mass is 379 g/mol. The Morgan fingerprint density at radius 3 is 2.79 bits per heavy atom. The van der Waals surface area contributed by atoms with Crippen LogP contribution in [0.4, 0.5) is 4.39 Å². The third kappa shape index (κ3) is 3.75. The van der Waals surface area contributed by atoms with Gasteiger partial charge in [0.1, 0.15) is 17.6 Å². The molecule has 3 unspecified atom stereocenters.